The maximum Gasteiger partial charge on any atom is 0.259 e. The molecule has 0 saturated heterocycles. The summed E-state index contributed by atoms with van der Waals surface area (Å²) in [4.78, 5) is 12.2. The van der Waals surface area contributed by atoms with E-state index in [1.165, 1.54) is 0 Å². The third-order valence-electron chi connectivity index (χ3n) is 3.23. The lowest BCUT2D eigenvalue weighted by Gasteiger charge is -2.11. The normalized spacial score (nSPS) is 10.4. The molecule has 0 radical (unpaired) electrons. The number of aryl methyl sites for hydroxylation is 1. The maximum absolute atomic E-state index is 12.2. The molecule has 2 aromatic rings. The summed E-state index contributed by atoms with van der Waals surface area (Å²) in [5, 5.41) is 6.88. The Kier molecular flexibility index (Phi) is 4.05. The number of methoxy groups -OCH3 is 1. The van der Waals surface area contributed by atoms with Gasteiger partial charge in [-0.1, -0.05) is 6.07 Å². The second-order valence-electron chi connectivity index (χ2n) is 4.46. The molecule has 1 heterocycles. The first-order valence-corrected chi connectivity index (χ1v) is 6.23. The van der Waals surface area contributed by atoms with Crippen LogP contribution in [0.25, 0.3) is 0 Å². The van der Waals surface area contributed by atoms with Crippen LogP contribution in [0.1, 0.15) is 21.6 Å². The summed E-state index contributed by atoms with van der Waals surface area (Å²) < 4.78 is 6.93. The summed E-state index contributed by atoms with van der Waals surface area (Å²) in [6.07, 6.45) is 1.55. The van der Waals surface area contributed by atoms with Gasteiger partial charge in [0.15, 0.2) is 0 Å². The van der Waals surface area contributed by atoms with E-state index < -0.39 is 0 Å². The van der Waals surface area contributed by atoms with Crippen molar-refractivity contribution in [2.45, 2.75) is 13.5 Å². The number of rotatable bonds is 4. The van der Waals surface area contributed by atoms with E-state index in [0.717, 1.165) is 11.3 Å². The zero-order valence-corrected chi connectivity index (χ0v) is 11.8. The first kappa shape index (κ1) is 14.1. The van der Waals surface area contributed by atoms with Gasteiger partial charge in [-0.2, -0.15) is 5.10 Å². The minimum Gasteiger partial charge on any atom is -0.495 e. The molecule has 0 saturated carbocycles. The Balaban J connectivity index is 2.25. The highest BCUT2D eigenvalue weighted by atomic mass is 16.5. The van der Waals surface area contributed by atoms with E-state index >= 15 is 0 Å². The zero-order valence-electron chi connectivity index (χ0n) is 11.8. The van der Waals surface area contributed by atoms with Crippen LogP contribution in [0.3, 0.4) is 0 Å². The van der Waals surface area contributed by atoms with Crippen molar-refractivity contribution in [3.8, 4) is 5.75 Å². The second kappa shape index (κ2) is 5.75. The number of anilines is 1. The molecule has 0 aliphatic rings. The van der Waals surface area contributed by atoms with Crippen LogP contribution in [0.2, 0.25) is 0 Å². The molecule has 106 valence electrons. The number of nitrogens with zero attached hydrogens (tertiary/aromatic N) is 2. The van der Waals surface area contributed by atoms with Crippen molar-refractivity contribution < 1.29 is 9.53 Å². The van der Waals surface area contributed by atoms with Crippen molar-refractivity contribution in [3.05, 3.63) is 41.2 Å². The van der Waals surface area contributed by atoms with Crippen molar-refractivity contribution in [2.75, 3.05) is 12.4 Å². The van der Waals surface area contributed by atoms with Gasteiger partial charge in [-0.25, -0.2) is 0 Å². The van der Waals surface area contributed by atoms with Gasteiger partial charge in [0.1, 0.15) is 5.75 Å². The van der Waals surface area contributed by atoms with E-state index in [4.69, 9.17) is 10.5 Å². The number of carbonyl (C=O) groups excluding carboxylic acids is 1. The summed E-state index contributed by atoms with van der Waals surface area (Å²) in [5.74, 6) is 0.372. The maximum atomic E-state index is 12.2. The molecule has 1 aromatic carbocycles. The van der Waals surface area contributed by atoms with Gasteiger partial charge in [-0.05, 0) is 24.6 Å². The van der Waals surface area contributed by atoms with Crippen LogP contribution in [0.4, 0.5) is 5.69 Å². The lowest BCUT2D eigenvalue weighted by molar-refractivity contribution is 0.102. The summed E-state index contributed by atoms with van der Waals surface area (Å²) in [7, 11) is 3.35. The van der Waals surface area contributed by atoms with Gasteiger partial charge in [0.25, 0.3) is 5.91 Å². The van der Waals surface area contributed by atoms with Crippen molar-refractivity contribution in [1.29, 1.82) is 0 Å². The third-order valence-corrected chi connectivity index (χ3v) is 3.23. The molecule has 0 aliphatic carbocycles. The van der Waals surface area contributed by atoms with Crippen molar-refractivity contribution in [2.24, 2.45) is 12.8 Å². The molecular weight excluding hydrogens is 256 g/mol. The first-order valence-electron chi connectivity index (χ1n) is 6.23. The first-order chi connectivity index (χ1) is 9.56. The summed E-state index contributed by atoms with van der Waals surface area (Å²) >= 11 is 0. The van der Waals surface area contributed by atoms with Gasteiger partial charge in [-0.3, -0.25) is 9.48 Å². The van der Waals surface area contributed by atoms with E-state index in [9.17, 15) is 4.79 Å². The smallest absolute Gasteiger partial charge is 0.259 e. The largest absolute Gasteiger partial charge is 0.495 e. The molecule has 2 rings (SSSR count). The molecular formula is C14H18N4O2. The number of carbonyl (C=O) groups is 1. The number of nitrogens with two attached hydrogens (primary N) is 1. The molecule has 0 aliphatic heterocycles. The fourth-order valence-electron chi connectivity index (χ4n) is 1.88. The Labute approximate surface area is 117 Å². The van der Waals surface area contributed by atoms with Crippen LogP contribution in [0, 0.1) is 6.92 Å². The highest BCUT2D eigenvalue weighted by Crippen LogP contribution is 2.26. The fourth-order valence-corrected chi connectivity index (χ4v) is 1.88. The highest BCUT2D eigenvalue weighted by molar-refractivity contribution is 6.05. The van der Waals surface area contributed by atoms with E-state index in [1.54, 1.807) is 31.1 Å². The molecule has 6 heteroatoms. The molecule has 0 bridgehead atoms. The molecule has 0 unspecified atom stereocenters. The van der Waals surface area contributed by atoms with Crippen LogP contribution in [0.5, 0.6) is 5.75 Å². The molecule has 1 aromatic heterocycles. The van der Waals surface area contributed by atoms with Gasteiger partial charge >= 0.3 is 0 Å². The average molecular weight is 274 g/mol. The lowest BCUT2D eigenvalue weighted by atomic mass is 10.1. The Hall–Kier alpha value is -2.34. The van der Waals surface area contributed by atoms with Gasteiger partial charge in [-0.15, -0.1) is 0 Å². The predicted molar refractivity (Wildman–Crippen MR) is 76.8 cm³/mol. The number of amides is 1. The predicted octanol–water partition coefficient (Wildman–Crippen LogP) is 1.45. The van der Waals surface area contributed by atoms with Crippen LogP contribution in [-0.4, -0.2) is 22.8 Å². The molecule has 6 nitrogen and oxygen atoms in total. The van der Waals surface area contributed by atoms with E-state index in [0.29, 0.717) is 23.5 Å². The standard InChI is InChI=1S/C14H18N4O2/c1-9-11(8-16-18(9)2)14(19)17-12-5-4-10(7-15)6-13(12)20-3/h4-6,8H,7,15H2,1-3H3,(H,17,19). The molecule has 0 atom stereocenters. The van der Waals surface area contributed by atoms with E-state index in [-0.39, 0.29) is 5.91 Å². The Bertz CT molecular complexity index is 634. The van der Waals surface area contributed by atoms with Gasteiger partial charge in [0.2, 0.25) is 0 Å². The lowest BCUT2D eigenvalue weighted by Crippen LogP contribution is -2.14. The van der Waals surface area contributed by atoms with Crippen molar-refractivity contribution >= 4 is 11.6 Å². The fraction of sp³-hybridized carbons (Fsp3) is 0.286. The summed E-state index contributed by atoms with van der Waals surface area (Å²) in [5.41, 5.74) is 8.48. The SMILES string of the molecule is COc1cc(CN)ccc1NC(=O)c1cnn(C)c1C. The second-order valence-corrected chi connectivity index (χ2v) is 4.46. The number of nitrogens with one attached hydrogen (secondary N) is 1. The average Bonchev–Trinajstić information content (AvgIpc) is 2.79. The monoisotopic (exact) mass is 274 g/mol. The molecule has 3 N–H and O–H groups in total. The minimum atomic E-state index is -0.214. The van der Waals surface area contributed by atoms with Crippen LogP contribution in [0.15, 0.2) is 24.4 Å². The quantitative estimate of drug-likeness (QED) is 0.884. The Morgan fingerprint density at radius 3 is 2.80 bits per heavy atom. The number of aromatic nitrogens is 2. The summed E-state index contributed by atoms with van der Waals surface area (Å²) in [6, 6.07) is 5.45. The van der Waals surface area contributed by atoms with Gasteiger partial charge < -0.3 is 15.8 Å². The number of hydrogen-bond acceptors (Lipinski definition) is 4. The Morgan fingerprint density at radius 1 is 1.50 bits per heavy atom. The van der Waals surface area contributed by atoms with E-state index in [2.05, 4.69) is 10.4 Å². The Morgan fingerprint density at radius 2 is 2.25 bits per heavy atom. The van der Waals surface area contributed by atoms with Crippen molar-refractivity contribution in [1.82, 2.24) is 9.78 Å². The zero-order chi connectivity index (χ0) is 14.7. The topological polar surface area (TPSA) is 82.2 Å². The van der Waals surface area contributed by atoms with E-state index in [1.807, 2.05) is 19.1 Å². The minimum absolute atomic E-state index is 0.214. The van der Waals surface area contributed by atoms with Crippen LogP contribution < -0.4 is 15.8 Å². The number of hydrogen-bond donors (Lipinski definition) is 2. The third kappa shape index (κ3) is 2.65. The number of benzene rings is 1. The molecule has 0 fully saturated rings. The molecule has 20 heavy (non-hydrogen) atoms. The van der Waals surface area contributed by atoms with Gasteiger partial charge in [0, 0.05) is 19.3 Å². The highest BCUT2D eigenvalue weighted by Gasteiger charge is 2.15. The number of ether oxygens (including phenoxy) is 1. The van der Waals surface area contributed by atoms with Crippen LogP contribution >= 0.6 is 0 Å². The van der Waals surface area contributed by atoms with Gasteiger partial charge in [0.05, 0.1) is 24.6 Å². The molecule has 0 spiro atoms. The molecule has 1 amide bonds. The van der Waals surface area contributed by atoms with Crippen LogP contribution in [-0.2, 0) is 13.6 Å². The van der Waals surface area contributed by atoms with Crippen molar-refractivity contribution in [3.63, 3.8) is 0 Å². The summed E-state index contributed by atoms with van der Waals surface area (Å²) in [6.45, 7) is 2.27.